The molecule has 3 N–H and O–H groups in total. The standard InChI is InChI=1S/C14H19NO5/c1-9(2)20-11-5-3-10(4-6-11)13(17)15-12(7-8-16)14(18)19/h3-6,9,12,16H,7-8H2,1-2H3,(H,15,17)(H,18,19). The van der Waals surface area contributed by atoms with Crippen molar-refractivity contribution in [1.82, 2.24) is 5.32 Å². The first-order chi connectivity index (χ1) is 9.43. The fraction of sp³-hybridized carbons (Fsp3) is 0.429. The van der Waals surface area contributed by atoms with Crippen LogP contribution in [0.4, 0.5) is 0 Å². The van der Waals surface area contributed by atoms with E-state index in [1.54, 1.807) is 24.3 Å². The normalized spacial score (nSPS) is 12.0. The Morgan fingerprint density at radius 3 is 2.30 bits per heavy atom. The first-order valence-electron chi connectivity index (χ1n) is 6.35. The molecule has 0 aliphatic heterocycles. The molecule has 0 fully saturated rings. The van der Waals surface area contributed by atoms with E-state index in [1.807, 2.05) is 13.8 Å². The van der Waals surface area contributed by atoms with E-state index in [1.165, 1.54) is 0 Å². The molecule has 0 saturated carbocycles. The van der Waals surface area contributed by atoms with Gasteiger partial charge < -0.3 is 20.3 Å². The van der Waals surface area contributed by atoms with E-state index in [0.29, 0.717) is 11.3 Å². The number of amides is 1. The minimum Gasteiger partial charge on any atom is -0.491 e. The monoisotopic (exact) mass is 281 g/mol. The Morgan fingerprint density at radius 2 is 1.85 bits per heavy atom. The summed E-state index contributed by atoms with van der Waals surface area (Å²) in [4.78, 5) is 22.8. The molecule has 1 unspecified atom stereocenters. The van der Waals surface area contributed by atoms with Crippen LogP contribution < -0.4 is 10.1 Å². The highest BCUT2D eigenvalue weighted by molar-refractivity contribution is 5.96. The van der Waals surface area contributed by atoms with Crippen molar-refractivity contribution in [1.29, 1.82) is 0 Å². The smallest absolute Gasteiger partial charge is 0.326 e. The lowest BCUT2D eigenvalue weighted by Gasteiger charge is -2.14. The summed E-state index contributed by atoms with van der Waals surface area (Å²) < 4.78 is 5.45. The SMILES string of the molecule is CC(C)Oc1ccc(C(=O)NC(CCO)C(=O)O)cc1. The van der Waals surface area contributed by atoms with Crippen LogP contribution in [0.5, 0.6) is 5.75 Å². The maximum absolute atomic E-state index is 11.9. The molecule has 6 nitrogen and oxygen atoms in total. The molecule has 1 aromatic rings. The van der Waals surface area contributed by atoms with Crippen LogP contribution in [0.15, 0.2) is 24.3 Å². The number of benzene rings is 1. The fourth-order valence-electron chi connectivity index (χ4n) is 1.59. The average molecular weight is 281 g/mol. The molecule has 0 heterocycles. The van der Waals surface area contributed by atoms with Gasteiger partial charge in [0.05, 0.1) is 6.10 Å². The third-order valence-electron chi connectivity index (χ3n) is 2.51. The molecule has 1 aromatic carbocycles. The summed E-state index contributed by atoms with van der Waals surface area (Å²) in [6, 6.07) is 5.32. The van der Waals surface area contributed by atoms with Gasteiger partial charge in [0.15, 0.2) is 0 Å². The molecule has 0 aromatic heterocycles. The van der Waals surface area contributed by atoms with Crippen molar-refractivity contribution in [2.45, 2.75) is 32.4 Å². The van der Waals surface area contributed by atoms with Crippen molar-refractivity contribution >= 4 is 11.9 Å². The van der Waals surface area contributed by atoms with Gasteiger partial charge in [-0.1, -0.05) is 0 Å². The molecule has 110 valence electrons. The third kappa shape index (κ3) is 4.89. The predicted molar refractivity (Wildman–Crippen MR) is 72.8 cm³/mol. The topological polar surface area (TPSA) is 95.9 Å². The third-order valence-corrected chi connectivity index (χ3v) is 2.51. The molecule has 20 heavy (non-hydrogen) atoms. The zero-order chi connectivity index (χ0) is 15.1. The van der Waals surface area contributed by atoms with Crippen LogP contribution in [0.3, 0.4) is 0 Å². The first-order valence-corrected chi connectivity index (χ1v) is 6.35. The van der Waals surface area contributed by atoms with E-state index in [-0.39, 0.29) is 19.1 Å². The highest BCUT2D eigenvalue weighted by Crippen LogP contribution is 2.14. The molecule has 0 saturated heterocycles. The van der Waals surface area contributed by atoms with Crippen LogP contribution in [0.25, 0.3) is 0 Å². The van der Waals surface area contributed by atoms with Crippen LogP contribution in [-0.2, 0) is 4.79 Å². The number of nitrogens with one attached hydrogen (secondary N) is 1. The number of ether oxygens (including phenoxy) is 1. The summed E-state index contributed by atoms with van der Waals surface area (Å²) in [5.74, 6) is -1.03. The molecule has 0 bridgehead atoms. The molecule has 0 aliphatic carbocycles. The van der Waals surface area contributed by atoms with Gasteiger partial charge in [0.25, 0.3) is 5.91 Å². The number of carboxylic acids is 1. The van der Waals surface area contributed by atoms with E-state index in [2.05, 4.69) is 5.32 Å². The van der Waals surface area contributed by atoms with Gasteiger partial charge in [-0.3, -0.25) is 4.79 Å². The van der Waals surface area contributed by atoms with Crippen molar-refractivity contribution in [2.24, 2.45) is 0 Å². The van der Waals surface area contributed by atoms with Gasteiger partial charge in [-0.25, -0.2) is 4.79 Å². The molecule has 0 radical (unpaired) electrons. The summed E-state index contributed by atoms with van der Waals surface area (Å²) >= 11 is 0. The van der Waals surface area contributed by atoms with Crippen LogP contribution >= 0.6 is 0 Å². The second kappa shape index (κ2) is 7.49. The van der Waals surface area contributed by atoms with E-state index < -0.39 is 17.9 Å². The predicted octanol–water partition coefficient (Wildman–Crippen LogP) is 1.04. The summed E-state index contributed by atoms with van der Waals surface area (Å²) in [7, 11) is 0. The molecule has 0 spiro atoms. The Hall–Kier alpha value is -2.08. The van der Waals surface area contributed by atoms with E-state index >= 15 is 0 Å². The van der Waals surface area contributed by atoms with Crippen molar-refractivity contribution in [3.63, 3.8) is 0 Å². The van der Waals surface area contributed by atoms with E-state index in [0.717, 1.165) is 0 Å². The number of carbonyl (C=O) groups excluding carboxylic acids is 1. The minimum absolute atomic E-state index is 0.0321. The van der Waals surface area contributed by atoms with Crippen LogP contribution in [0, 0.1) is 0 Å². The molecular weight excluding hydrogens is 262 g/mol. The Kier molecular flexibility index (Phi) is 5.99. The fourth-order valence-corrected chi connectivity index (χ4v) is 1.59. The number of carbonyl (C=O) groups is 2. The molecule has 1 atom stereocenters. The van der Waals surface area contributed by atoms with Crippen molar-refractivity contribution < 1.29 is 24.5 Å². The number of hydrogen-bond donors (Lipinski definition) is 3. The number of hydrogen-bond acceptors (Lipinski definition) is 4. The second-order valence-corrected chi connectivity index (χ2v) is 4.57. The van der Waals surface area contributed by atoms with Gasteiger partial charge in [0, 0.05) is 18.6 Å². The summed E-state index contributed by atoms with van der Waals surface area (Å²) in [6.45, 7) is 3.48. The van der Waals surface area contributed by atoms with E-state index in [4.69, 9.17) is 14.9 Å². The molecule has 1 amide bonds. The maximum atomic E-state index is 11.9. The highest BCUT2D eigenvalue weighted by atomic mass is 16.5. The molecular formula is C14H19NO5. The lowest BCUT2D eigenvalue weighted by atomic mass is 10.1. The van der Waals surface area contributed by atoms with Crippen molar-refractivity contribution in [2.75, 3.05) is 6.61 Å². The van der Waals surface area contributed by atoms with Crippen LogP contribution in [0.2, 0.25) is 0 Å². The van der Waals surface area contributed by atoms with Gasteiger partial charge in [-0.05, 0) is 38.1 Å². The number of aliphatic hydroxyl groups is 1. The van der Waals surface area contributed by atoms with Gasteiger partial charge in [0.1, 0.15) is 11.8 Å². The van der Waals surface area contributed by atoms with Crippen LogP contribution in [-0.4, -0.2) is 40.8 Å². The first kappa shape index (κ1) is 16.0. The number of aliphatic carboxylic acids is 1. The van der Waals surface area contributed by atoms with Gasteiger partial charge in [-0.2, -0.15) is 0 Å². The molecule has 0 aliphatic rings. The minimum atomic E-state index is -1.17. The Balaban J connectivity index is 2.69. The number of rotatable bonds is 7. The highest BCUT2D eigenvalue weighted by Gasteiger charge is 2.19. The second-order valence-electron chi connectivity index (χ2n) is 4.57. The zero-order valence-electron chi connectivity index (χ0n) is 11.5. The molecule has 6 heteroatoms. The number of carboxylic acid groups (broad SMARTS) is 1. The quantitative estimate of drug-likeness (QED) is 0.694. The number of aliphatic hydroxyl groups excluding tert-OH is 1. The zero-order valence-corrected chi connectivity index (χ0v) is 11.5. The summed E-state index contributed by atoms with van der Waals surface area (Å²) in [5.41, 5.74) is 0.338. The van der Waals surface area contributed by atoms with Gasteiger partial charge >= 0.3 is 5.97 Å². The summed E-state index contributed by atoms with van der Waals surface area (Å²) in [6.07, 6.45) is 0.00549. The van der Waals surface area contributed by atoms with Gasteiger partial charge in [-0.15, -0.1) is 0 Å². The Labute approximate surface area is 117 Å². The lowest BCUT2D eigenvalue weighted by molar-refractivity contribution is -0.139. The lowest BCUT2D eigenvalue weighted by Crippen LogP contribution is -2.41. The maximum Gasteiger partial charge on any atom is 0.326 e. The molecule has 1 rings (SSSR count). The Morgan fingerprint density at radius 1 is 1.25 bits per heavy atom. The van der Waals surface area contributed by atoms with Crippen molar-refractivity contribution in [3.8, 4) is 5.75 Å². The van der Waals surface area contributed by atoms with Crippen LogP contribution in [0.1, 0.15) is 30.6 Å². The largest absolute Gasteiger partial charge is 0.491 e. The average Bonchev–Trinajstić information content (AvgIpc) is 2.38. The van der Waals surface area contributed by atoms with Crippen molar-refractivity contribution in [3.05, 3.63) is 29.8 Å². The summed E-state index contributed by atoms with van der Waals surface area (Å²) in [5, 5.41) is 20.0. The van der Waals surface area contributed by atoms with E-state index in [9.17, 15) is 9.59 Å². The Bertz CT molecular complexity index is 455. The van der Waals surface area contributed by atoms with Gasteiger partial charge in [0.2, 0.25) is 0 Å².